The third kappa shape index (κ3) is 7.37. The molecule has 0 saturated carbocycles. The number of nitro groups is 1. The van der Waals surface area contributed by atoms with E-state index in [0.717, 1.165) is 11.8 Å². The third-order valence-electron chi connectivity index (χ3n) is 4.61. The van der Waals surface area contributed by atoms with Crippen LogP contribution in [0.1, 0.15) is 17.5 Å². The van der Waals surface area contributed by atoms with Crippen molar-refractivity contribution < 1.29 is 24.0 Å². The molecule has 0 heterocycles. The molecule has 0 aliphatic rings. The molecule has 0 radical (unpaired) electrons. The van der Waals surface area contributed by atoms with Crippen LogP contribution in [0, 0.1) is 10.1 Å². The predicted molar refractivity (Wildman–Crippen MR) is 134 cm³/mol. The fourth-order valence-corrected chi connectivity index (χ4v) is 3.33. The summed E-state index contributed by atoms with van der Waals surface area (Å²) in [4.78, 5) is 35.1. The van der Waals surface area contributed by atoms with Crippen LogP contribution < -0.4 is 20.2 Å². The second kappa shape index (κ2) is 12.3. The molecule has 0 aliphatic heterocycles. The Morgan fingerprint density at radius 1 is 1.06 bits per heavy atom. The van der Waals surface area contributed by atoms with Crippen LogP contribution in [0.4, 0.5) is 11.4 Å². The molecule has 3 aromatic rings. The van der Waals surface area contributed by atoms with E-state index in [4.69, 9.17) is 9.47 Å². The first-order valence-electron chi connectivity index (χ1n) is 10.3. The molecule has 0 spiro atoms. The lowest BCUT2D eigenvalue weighted by molar-refractivity contribution is -0.385. The normalized spacial score (nSPS) is 10.6. The smallest absolute Gasteiger partial charge is 0.282 e. The molecule has 11 heteroatoms. The van der Waals surface area contributed by atoms with Crippen LogP contribution in [0.3, 0.4) is 0 Å². The minimum absolute atomic E-state index is 0.0804. The van der Waals surface area contributed by atoms with Gasteiger partial charge in [-0.05, 0) is 39.7 Å². The summed E-state index contributed by atoms with van der Waals surface area (Å²) in [5.41, 5.74) is 3.38. The number of nitro benzene ring substituents is 1. The van der Waals surface area contributed by atoms with Crippen LogP contribution in [-0.2, 0) is 16.2 Å². The Labute approximate surface area is 209 Å². The monoisotopic (exact) mass is 540 g/mol. The summed E-state index contributed by atoms with van der Waals surface area (Å²) in [5.74, 6) is -0.791. The maximum Gasteiger partial charge on any atom is 0.282 e. The summed E-state index contributed by atoms with van der Waals surface area (Å²) in [7, 11) is 1.41. The predicted octanol–water partition coefficient (Wildman–Crippen LogP) is 4.42. The lowest BCUT2D eigenvalue weighted by Gasteiger charge is -2.12. The van der Waals surface area contributed by atoms with Gasteiger partial charge in [0, 0.05) is 4.47 Å². The van der Waals surface area contributed by atoms with E-state index in [9.17, 15) is 19.7 Å². The number of methoxy groups -OCH3 is 1. The fraction of sp³-hybridized carbons (Fsp3) is 0.125. The lowest BCUT2D eigenvalue weighted by atomic mass is 10.1. The molecule has 0 fully saturated rings. The first kappa shape index (κ1) is 25.4. The number of nitrogens with one attached hydrogen (secondary N) is 2. The van der Waals surface area contributed by atoms with Crippen LogP contribution in [0.15, 0.2) is 76.3 Å². The molecule has 2 N–H and O–H groups in total. The highest BCUT2D eigenvalue weighted by atomic mass is 79.9. The first-order valence-corrected chi connectivity index (χ1v) is 11.1. The number of nitrogens with zero attached hydrogens (tertiary/aromatic N) is 2. The Hall–Kier alpha value is -4.25. The zero-order valence-electron chi connectivity index (χ0n) is 18.6. The Balaban J connectivity index is 1.66. The molecule has 3 aromatic carbocycles. The minimum atomic E-state index is -0.691. The van der Waals surface area contributed by atoms with Crippen LogP contribution in [0.25, 0.3) is 0 Å². The second-order valence-corrected chi connectivity index (χ2v) is 7.95. The summed E-state index contributed by atoms with van der Waals surface area (Å²) in [6, 6.07) is 18.9. The average molecular weight is 541 g/mol. The number of benzene rings is 3. The number of amides is 2. The topological polar surface area (TPSA) is 132 Å². The SMILES string of the molecule is COc1cc(C=NNC(=O)CC(=O)Nc2ccccc2Br)c([N+](=O)[O-])cc1OCc1ccccc1. The number of hydrogen-bond acceptors (Lipinski definition) is 7. The minimum Gasteiger partial charge on any atom is -0.493 e. The van der Waals surface area contributed by atoms with E-state index in [1.165, 1.54) is 19.2 Å². The molecule has 0 aromatic heterocycles. The van der Waals surface area contributed by atoms with Crippen molar-refractivity contribution in [3.8, 4) is 11.5 Å². The highest BCUT2D eigenvalue weighted by Gasteiger charge is 2.19. The summed E-state index contributed by atoms with van der Waals surface area (Å²) in [6.45, 7) is 0.194. The molecule has 180 valence electrons. The Bertz CT molecular complexity index is 1250. The molecule has 10 nitrogen and oxygen atoms in total. The van der Waals surface area contributed by atoms with E-state index in [0.29, 0.717) is 10.2 Å². The van der Waals surface area contributed by atoms with Gasteiger partial charge in [0.1, 0.15) is 13.0 Å². The van der Waals surface area contributed by atoms with Crippen molar-refractivity contribution in [2.45, 2.75) is 13.0 Å². The quantitative estimate of drug-likeness (QED) is 0.169. The van der Waals surface area contributed by atoms with Crippen LogP contribution in [0.5, 0.6) is 11.5 Å². The number of carbonyl (C=O) groups is 2. The zero-order chi connectivity index (χ0) is 25.2. The molecule has 0 unspecified atom stereocenters. The summed E-state index contributed by atoms with van der Waals surface area (Å²) < 4.78 is 11.7. The number of hydrazone groups is 1. The summed E-state index contributed by atoms with van der Waals surface area (Å²) in [5, 5.41) is 17.9. The molecule has 0 bridgehead atoms. The Morgan fingerprint density at radius 3 is 2.46 bits per heavy atom. The molecular formula is C24H21BrN4O6. The van der Waals surface area contributed by atoms with Gasteiger partial charge >= 0.3 is 0 Å². The molecule has 2 amide bonds. The number of ether oxygens (including phenoxy) is 2. The van der Waals surface area contributed by atoms with E-state index in [1.54, 1.807) is 24.3 Å². The van der Waals surface area contributed by atoms with Crippen molar-refractivity contribution in [3.05, 3.63) is 92.4 Å². The van der Waals surface area contributed by atoms with Crippen LogP contribution in [0.2, 0.25) is 0 Å². The van der Waals surface area contributed by atoms with Crippen LogP contribution in [-0.4, -0.2) is 30.1 Å². The highest BCUT2D eigenvalue weighted by molar-refractivity contribution is 9.10. The van der Waals surface area contributed by atoms with E-state index in [1.807, 2.05) is 30.3 Å². The van der Waals surface area contributed by atoms with Gasteiger partial charge in [0.05, 0.1) is 35.6 Å². The molecule has 0 atom stereocenters. The summed E-state index contributed by atoms with van der Waals surface area (Å²) >= 11 is 3.30. The van der Waals surface area contributed by atoms with Gasteiger partial charge in [-0.2, -0.15) is 5.10 Å². The van der Waals surface area contributed by atoms with Crippen molar-refractivity contribution in [1.82, 2.24) is 5.43 Å². The summed E-state index contributed by atoms with van der Waals surface area (Å²) in [6.07, 6.45) is 0.613. The van der Waals surface area contributed by atoms with Gasteiger partial charge in [0.2, 0.25) is 11.8 Å². The van der Waals surface area contributed by atoms with Gasteiger partial charge in [0.15, 0.2) is 11.5 Å². The number of hydrogen-bond donors (Lipinski definition) is 2. The lowest BCUT2D eigenvalue weighted by Crippen LogP contribution is -2.24. The van der Waals surface area contributed by atoms with Crippen molar-refractivity contribution in [1.29, 1.82) is 0 Å². The third-order valence-corrected chi connectivity index (χ3v) is 5.30. The van der Waals surface area contributed by atoms with Crippen molar-refractivity contribution >= 4 is 45.3 Å². The maximum atomic E-state index is 12.1. The van der Waals surface area contributed by atoms with Gasteiger partial charge in [-0.15, -0.1) is 0 Å². The largest absolute Gasteiger partial charge is 0.493 e. The highest BCUT2D eigenvalue weighted by Crippen LogP contribution is 2.34. The van der Waals surface area contributed by atoms with Crippen molar-refractivity contribution in [2.24, 2.45) is 5.10 Å². The number of anilines is 1. The number of rotatable bonds is 10. The maximum absolute atomic E-state index is 12.1. The van der Waals surface area contributed by atoms with Crippen LogP contribution >= 0.6 is 15.9 Å². The van der Waals surface area contributed by atoms with E-state index < -0.39 is 23.2 Å². The van der Waals surface area contributed by atoms with Crippen molar-refractivity contribution in [3.63, 3.8) is 0 Å². The van der Waals surface area contributed by atoms with E-state index >= 15 is 0 Å². The van der Waals surface area contributed by atoms with Gasteiger partial charge in [-0.1, -0.05) is 42.5 Å². The Kier molecular flexibility index (Phi) is 8.90. The Morgan fingerprint density at radius 2 is 1.77 bits per heavy atom. The van der Waals surface area contributed by atoms with Gasteiger partial charge < -0.3 is 14.8 Å². The zero-order valence-corrected chi connectivity index (χ0v) is 20.2. The van der Waals surface area contributed by atoms with Gasteiger partial charge in [-0.3, -0.25) is 19.7 Å². The van der Waals surface area contributed by atoms with Gasteiger partial charge in [0.25, 0.3) is 5.69 Å². The molecular weight excluding hydrogens is 520 g/mol. The van der Waals surface area contributed by atoms with E-state index in [2.05, 4.69) is 31.8 Å². The van der Waals surface area contributed by atoms with E-state index in [-0.39, 0.29) is 29.4 Å². The van der Waals surface area contributed by atoms with Gasteiger partial charge in [-0.25, -0.2) is 5.43 Å². The number of halogens is 1. The molecule has 35 heavy (non-hydrogen) atoms. The number of para-hydroxylation sites is 1. The number of carbonyl (C=O) groups excluding carboxylic acids is 2. The molecule has 0 saturated heterocycles. The molecule has 0 aliphatic carbocycles. The fourth-order valence-electron chi connectivity index (χ4n) is 2.95. The van der Waals surface area contributed by atoms with Crippen molar-refractivity contribution in [2.75, 3.05) is 12.4 Å². The second-order valence-electron chi connectivity index (χ2n) is 7.09. The molecule has 3 rings (SSSR count). The standard InChI is InChI=1S/C24H21BrN4O6/c1-34-21-11-17(20(29(32)33)12-22(21)35-15-16-7-3-2-4-8-16)14-26-28-24(31)13-23(30)27-19-10-6-5-9-18(19)25/h2-12,14H,13,15H2,1H3,(H,27,30)(H,28,31). The first-order chi connectivity index (χ1) is 16.9. The average Bonchev–Trinajstić information content (AvgIpc) is 2.84.